The molecule has 2 N–H and O–H groups in total. The monoisotopic (exact) mass is 232 g/mol. The van der Waals surface area contributed by atoms with Crippen molar-refractivity contribution in [2.45, 2.75) is 56.4 Å². The van der Waals surface area contributed by atoms with Gasteiger partial charge in [0.1, 0.15) is 0 Å². The van der Waals surface area contributed by atoms with Crippen LogP contribution >= 0.6 is 0 Å². The first kappa shape index (κ1) is 12.2. The Morgan fingerprint density at radius 3 is 2.12 bits per heavy atom. The van der Waals surface area contributed by atoms with Crippen LogP contribution in [0.3, 0.4) is 0 Å². The highest BCUT2D eigenvalue weighted by atomic mass is 19.3. The van der Waals surface area contributed by atoms with Gasteiger partial charge < -0.3 is 10.6 Å². The van der Waals surface area contributed by atoms with Crippen LogP contribution in [0.1, 0.15) is 44.9 Å². The number of nitrogens with two attached hydrogens (primary N) is 1. The highest BCUT2D eigenvalue weighted by molar-refractivity contribution is 4.93. The molecule has 0 radical (unpaired) electrons. The van der Waals surface area contributed by atoms with Gasteiger partial charge in [0.05, 0.1) is 0 Å². The molecule has 1 saturated carbocycles. The van der Waals surface area contributed by atoms with Gasteiger partial charge >= 0.3 is 0 Å². The van der Waals surface area contributed by atoms with Crippen LogP contribution in [0, 0.1) is 0 Å². The van der Waals surface area contributed by atoms with Crippen LogP contribution in [-0.4, -0.2) is 36.0 Å². The van der Waals surface area contributed by atoms with E-state index in [1.807, 2.05) is 0 Å². The molecule has 16 heavy (non-hydrogen) atoms. The second-order valence-corrected chi connectivity index (χ2v) is 5.52. The second-order valence-electron chi connectivity index (χ2n) is 5.52. The van der Waals surface area contributed by atoms with E-state index in [4.69, 9.17) is 5.73 Å². The summed E-state index contributed by atoms with van der Waals surface area (Å²) in [7, 11) is 0. The standard InChI is InChI=1S/C12H22F2N2/c13-12(14)5-3-11(15,4-6-12)7-10-16-8-1-2-9-16/h1-10,15H2. The van der Waals surface area contributed by atoms with Gasteiger partial charge in [0.2, 0.25) is 5.92 Å². The van der Waals surface area contributed by atoms with Crippen molar-refractivity contribution in [2.24, 2.45) is 5.73 Å². The van der Waals surface area contributed by atoms with Gasteiger partial charge in [0.25, 0.3) is 0 Å². The first-order valence-corrected chi connectivity index (χ1v) is 6.38. The van der Waals surface area contributed by atoms with Gasteiger partial charge in [-0.05, 0) is 51.7 Å². The molecule has 0 bridgehead atoms. The minimum Gasteiger partial charge on any atom is -0.325 e. The number of hydrogen-bond donors (Lipinski definition) is 1. The lowest BCUT2D eigenvalue weighted by atomic mass is 9.78. The number of rotatable bonds is 3. The maximum Gasteiger partial charge on any atom is 0.248 e. The van der Waals surface area contributed by atoms with Gasteiger partial charge in [-0.25, -0.2) is 8.78 Å². The van der Waals surface area contributed by atoms with Gasteiger partial charge in [0.15, 0.2) is 0 Å². The molecular weight excluding hydrogens is 210 g/mol. The maximum absolute atomic E-state index is 13.0. The average molecular weight is 232 g/mol. The van der Waals surface area contributed by atoms with Crippen molar-refractivity contribution in [3.8, 4) is 0 Å². The highest BCUT2D eigenvalue weighted by Crippen LogP contribution is 2.38. The maximum atomic E-state index is 13.0. The van der Waals surface area contributed by atoms with E-state index < -0.39 is 5.92 Å². The van der Waals surface area contributed by atoms with Crippen LogP contribution in [0.25, 0.3) is 0 Å². The van der Waals surface area contributed by atoms with Gasteiger partial charge in [-0.2, -0.15) is 0 Å². The Bertz CT molecular complexity index is 227. The zero-order valence-electron chi connectivity index (χ0n) is 9.85. The predicted molar refractivity (Wildman–Crippen MR) is 60.6 cm³/mol. The fourth-order valence-corrected chi connectivity index (χ4v) is 2.75. The van der Waals surface area contributed by atoms with Crippen LogP contribution in [0.5, 0.6) is 0 Å². The molecule has 2 nitrogen and oxygen atoms in total. The quantitative estimate of drug-likeness (QED) is 0.809. The molecular formula is C12H22F2N2. The summed E-state index contributed by atoms with van der Waals surface area (Å²) in [6.45, 7) is 3.31. The first-order chi connectivity index (χ1) is 7.49. The Labute approximate surface area is 96.2 Å². The SMILES string of the molecule is NC1(CCN2CCCC2)CCC(F)(F)CC1. The molecule has 1 heterocycles. The summed E-state index contributed by atoms with van der Waals surface area (Å²) >= 11 is 0. The summed E-state index contributed by atoms with van der Waals surface area (Å²) in [5.74, 6) is -2.46. The second kappa shape index (κ2) is 4.57. The minimum absolute atomic E-state index is 0.0243. The van der Waals surface area contributed by atoms with E-state index in [1.165, 1.54) is 12.8 Å². The summed E-state index contributed by atoms with van der Waals surface area (Å²) in [4.78, 5) is 2.40. The number of alkyl halides is 2. The van der Waals surface area contributed by atoms with Gasteiger partial charge in [-0.15, -0.1) is 0 Å². The number of hydrogen-bond acceptors (Lipinski definition) is 2. The zero-order chi connectivity index (χ0) is 11.6. The lowest BCUT2D eigenvalue weighted by Gasteiger charge is -2.38. The molecule has 1 aliphatic carbocycles. The molecule has 2 fully saturated rings. The van der Waals surface area contributed by atoms with Crippen LogP contribution in [0.15, 0.2) is 0 Å². The molecule has 4 heteroatoms. The van der Waals surface area contributed by atoms with Crippen molar-refractivity contribution >= 4 is 0 Å². The Hall–Kier alpha value is -0.220. The van der Waals surface area contributed by atoms with E-state index in [0.717, 1.165) is 26.1 Å². The van der Waals surface area contributed by atoms with E-state index in [0.29, 0.717) is 12.8 Å². The van der Waals surface area contributed by atoms with E-state index in [-0.39, 0.29) is 18.4 Å². The predicted octanol–water partition coefficient (Wildman–Crippen LogP) is 2.38. The number of halogens is 2. The number of likely N-dealkylation sites (tertiary alicyclic amines) is 1. The van der Waals surface area contributed by atoms with Crippen molar-refractivity contribution in [1.29, 1.82) is 0 Å². The van der Waals surface area contributed by atoms with Crippen molar-refractivity contribution < 1.29 is 8.78 Å². The summed E-state index contributed by atoms with van der Waals surface area (Å²) < 4.78 is 26.0. The highest BCUT2D eigenvalue weighted by Gasteiger charge is 2.41. The summed E-state index contributed by atoms with van der Waals surface area (Å²) in [5.41, 5.74) is 5.87. The van der Waals surface area contributed by atoms with Crippen LogP contribution < -0.4 is 5.73 Å². The van der Waals surface area contributed by atoms with E-state index in [9.17, 15) is 8.78 Å². The molecule has 0 unspecified atom stereocenters. The third-order valence-electron chi connectivity index (χ3n) is 4.10. The first-order valence-electron chi connectivity index (χ1n) is 6.38. The summed E-state index contributed by atoms with van der Waals surface area (Å²) in [5, 5.41) is 0. The van der Waals surface area contributed by atoms with Crippen molar-refractivity contribution in [2.75, 3.05) is 19.6 Å². The summed E-state index contributed by atoms with van der Waals surface area (Å²) in [6.07, 6.45) is 4.34. The summed E-state index contributed by atoms with van der Waals surface area (Å²) in [6, 6.07) is 0. The van der Waals surface area contributed by atoms with Gasteiger partial charge in [0, 0.05) is 18.4 Å². The Morgan fingerprint density at radius 2 is 1.56 bits per heavy atom. The van der Waals surface area contributed by atoms with Crippen LogP contribution in [0.4, 0.5) is 8.78 Å². The molecule has 0 aromatic carbocycles. The van der Waals surface area contributed by atoms with Crippen LogP contribution in [0.2, 0.25) is 0 Å². The molecule has 0 spiro atoms. The fraction of sp³-hybridized carbons (Fsp3) is 1.00. The zero-order valence-corrected chi connectivity index (χ0v) is 9.85. The van der Waals surface area contributed by atoms with Crippen molar-refractivity contribution in [3.63, 3.8) is 0 Å². The van der Waals surface area contributed by atoms with Crippen molar-refractivity contribution in [3.05, 3.63) is 0 Å². The smallest absolute Gasteiger partial charge is 0.248 e. The molecule has 2 aliphatic rings. The molecule has 1 aliphatic heterocycles. The van der Waals surface area contributed by atoms with E-state index in [2.05, 4.69) is 4.90 Å². The molecule has 0 atom stereocenters. The largest absolute Gasteiger partial charge is 0.325 e. The molecule has 1 saturated heterocycles. The third-order valence-corrected chi connectivity index (χ3v) is 4.10. The fourth-order valence-electron chi connectivity index (χ4n) is 2.75. The average Bonchev–Trinajstić information content (AvgIpc) is 2.74. The lowest BCUT2D eigenvalue weighted by Crippen LogP contribution is -2.48. The molecule has 0 aromatic heterocycles. The topological polar surface area (TPSA) is 29.3 Å². The van der Waals surface area contributed by atoms with Crippen molar-refractivity contribution in [1.82, 2.24) is 4.90 Å². The molecule has 94 valence electrons. The molecule has 0 aromatic rings. The number of nitrogens with zero attached hydrogens (tertiary/aromatic N) is 1. The molecule has 0 amide bonds. The normalized spacial score (nSPS) is 29.4. The third kappa shape index (κ3) is 3.14. The van der Waals surface area contributed by atoms with Crippen LogP contribution in [-0.2, 0) is 0 Å². The lowest BCUT2D eigenvalue weighted by molar-refractivity contribution is -0.0522. The van der Waals surface area contributed by atoms with Gasteiger partial charge in [-0.3, -0.25) is 0 Å². The Morgan fingerprint density at radius 1 is 1.00 bits per heavy atom. The Balaban J connectivity index is 1.75. The van der Waals surface area contributed by atoms with Gasteiger partial charge in [-0.1, -0.05) is 0 Å². The van der Waals surface area contributed by atoms with E-state index in [1.54, 1.807) is 0 Å². The van der Waals surface area contributed by atoms with E-state index >= 15 is 0 Å². The Kier molecular flexibility index (Phi) is 3.50. The molecule has 2 rings (SSSR count). The minimum atomic E-state index is -2.46.